The number of halogens is 2. The first-order valence-corrected chi connectivity index (χ1v) is 3.64. The molecule has 0 aliphatic carbocycles. The molecule has 0 spiro atoms. The van der Waals surface area contributed by atoms with Crippen molar-refractivity contribution in [3.8, 4) is 11.5 Å². The summed E-state index contributed by atoms with van der Waals surface area (Å²) < 4.78 is 5.01. The van der Waals surface area contributed by atoms with Crippen molar-refractivity contribution in [1.29, 1.82) is 0 Å². The molecule has 1 aromatic carbocycles. The van der Waals surface area contributed by atoms with Crippen LogP contribution in [0.25, 0.3) is 0 Å². The number of hydrogen-bond acceptors (Lipinski definition) is 1. The van der Waals surface area contributed by atoms with Crippen LogP contribution in [0.1, 0.15) is 13.8 Å². The van der Waals surface area contributed by atoms with Crippen molar-refractivity contribution in [1.82, 2.24) is 0 Å². The third-order valence-corrected chi connectivity index (χ3v) is 1.04. The normalized spacial score (nSPS) is 6.86. The van der Waals surface area contributed by atoms with E-state index in [-0.39, 0.29) is 51.0 Å². The Morgan fingerprint density at radius 2 is 1.21 bits per heavy atom. The van der Waals surface area contributed by atoms with Crippen LogP contribution in [-0.2, 0) is 26.2 Å². The SMILES string of the molecule is Cl.Cl.[CH2-]C.[CH2-]C.[Zr+2].c1cc2cc(c1)O2. The average molecular weight is 314 g/mol. The summed E-state index contributed by atoms with van der Waals surface area (Å²) in [5, 5.41) is 0. The Hall–Kier alpha value is 0.483. The van der Waals surface area contributed by atoms with Crippen LogP contribution in [0.3, 0.4) is 0 Å². The van der Waals surface area contributed by atoms with Gasteiger partial charge in [0, 0.05) is 6.07 Å². The van der Waals surface area contributed by atoms with Crippen LogP contribution >= 0.6 is 24.8 Å². The molecular formula is C10H16Cl2OZr. The Labute approximate surface area is 119 Å². The predicted octanol–water partition coefficient (Wildman–Crippen LogP) is 4.31. The molecule has 0 unspecified atom stereocenters. The second kappa shape index (κ2) is 15.9. The fourth-order valence-electron chi connectivity index (χ4n) is 0.679. The zero-order valence-electron chi connectivity index (χ0n) is 8.45. The van der Waals surface area contributed by atoms with Gasteiger partial charge in [-0.05, 0) is 12.1 Å². The Kier molecular flexibility index (Phi) is 27.3. The number of benzene rings is 1. The molecule has 0 saturated carbocycles. The Morgan fingerprint density at radius 1 is 0.929 bits per heavy atom. The predicted molar refractivity (Wildman–Crippen MR) is 63.1 cm³/mol. The topological polar surface area (TPSA) is 9.23 Å². The van der Waals surface area contributed by atoms with Crippen molar-refractivity contribution >= 4 is 24.8 Å². The maximum absolute atomic E-state index is 5.01. The number of rotatable bonds is 0. The first kappa shape index (κ1) is 24.0. The molecule has 14 heavy (non-hydrogen) atoms. The molecule has 0 amide bonds. The molecule has 0 radical (unpaired) electrons. The Bertz CT molecular complexity index is 182. The standard InChI is InChI=1S/C6H4O.2C2H5.2ClH.Zr/c1-2-5-4-6(3-1)7-5;2*1-2;;;/h1-4H;2*1H2,2H3;2*1H;/q;2*-1;;;+2. The molecule has 0 fully saturated rings. The van der Waals surface area contributed by atoms with Crippen LogP contribution < -0.4 is 4.74 Å². The van der Waals surface area contributed by atoms with Gasteiger partial charge in [-0.1, -0.05) is 6.07 Å². The smallest absolute Gasteiger partial charge is 0.457 e. The van der Waals surface area contributed by atoms with E-state index in [9.17, 15) is 0 Å². The summed E-state index contributed by atoms with van der Waals surface area (Å²) in [7, 11) is 0. The Morgan fingerprint density at radius 3 is 1.29 bits per heavy atom. The van der Waals surface area contributed by atoms with Gasteiger partial charge in [-0.3, -0.25) is 0 Å². The summed E-state index contributed by atoms with van der Waals surface area (Å²) >= 11 is 0. The van der Waals surface area contributed by atoms with Crippen molar-refractivity contribution in [2.45, 2.75) is 13.8 Å². The minimum absolute atomic E-state index is 0. The molecule has 0 atom stereocenters. The summed E-state index contributed by atoms with van der Waals surface area (Å²) in [6.45, 7) is 10.0. The van der Waals surface area contributed by atoms with Crippen LogP contribution in [0.4, 0.5) is 0 Å². The van der Waals surface area contributed by atoms with Crippen molar-refractivity contribution in [2.75, 3.05) is 0 Å². The van der Waals surface area contributed by atoms with E-state index < -0.39 is 0 Å². The zero-order valence-corrected chi connectivity index (χ0v) is 12.5. The van der Waals surface area contributed by atoms with Gasteiger partial charge < -0.3 is 18.6 Å². The molecular weight excluding hydrogens is 298 g/mol. The van der Waals surface area contributed by atoms with Crippen LogP contribution in [0, 0.1) is 13.8 Å². The number of fused-ring (bicyclic) bond motifs is 2. The molecule has 0 N–H and O–H groups in total. The minimum atomic E-state index is 0. The largest absolute Gasteiger partial charge is 2.00 e. The molecule has 0 aromatic heterocycles. The second-order valence-corrected chi connectivity index (χ2v) is 1.58. The number of hydrogen-bond donors (Lipinski definition) is 0. The van der Waals surface area contributed by atoms with Gasteiger partial charge in [0.25, 0.3) is 0 Å². The summed E-state index contributed by atoms with van der Waals surface area (Å²) in [6, 6.07) is 7.86. The summed E-state index contributed by atoms with van der Waals surface area (Å²) in [5.74, 6) is 1.97. The third kappa shape index (κ3) is 7.85. The van der Waals surface area contributed by atoms with Gasteiger partial charge in [0.05, 0.1) is 0 Å². The average Bonchev–Trinajstić information content (AvgIpc) is 2.12. The Balaban J connectivity index is -0.0000000655. The monoisotopic (exact) mass is 312 g/mol. The van der Waals surface area contributed by atoms with Gasteiger partial charge in [0.1, 0.15) is 11.5 Å². The molecule has 2 heterocycles. The molecule has 2 aliphatic rings. The van der Waals surface area contributed by atoms with Crippen molar-refractivity contribution in [3.05, 3.63) is 38.1 Å². The van der Waals surface area contributed by atoms with E-state index in [1.54, 1.807) is 13.8 Å². The van der Waals surface area contributed by atoms with Crippen LogP contribution in [-0.4, -0.2) is 0 Å². The fraction of sp³-hybridized carbons (Fsp3) is 0.200. The molecule has 0 saturated heterocycles. The fourth-order valence-corrected chi connectivity index (χ4v) is 0.679. The molecule has 1 nitrogen and oxygen atoms in total. The molecule has 80 valence electrons. The maximum atomic E-state index is 5.01. The zero-order chi connectivity index (χ0) is 8.69. The molecule has 4 heteroatoms. The quantitative estimate of drug-likeness (QED) is 0.658. The summed E-state index contributed by atoms with van der Waals surface area (Å²) in [6.07, 6.45) is 0. The van der Waals surface area contributed by atoms with Gasteiger partial charge in [-0.25, -0.2) is 0 Å². The molecule has 1 aromatic rings. The van der Waals surface area contributed by atoms with Crippen molar-refractivity contribution < 1.29 is 30.9 Å². The van der Waals surface area contributed by atoms with E-state index in [1.807, 2.05) is 24.3 Å². The van der Waals surface area contributed by atoms with Gasteiger partial charge in [-0.2, -0.15) is 13.8 Å². The van der Waals surface area contributed by atoms with Gasteiger partial charge >= 0.3 is 26.2 Å². The van der Waals surface area contributed by atoms with E-state index in [0.717, 1.165) is 11.5 Å². The first-order chi connectivity index (χ1) is 5.45. The summed E-state index contributed by atoms with van der Waals surface area (Å²) in [5.41, 5.74) is 0. The van der Waals surface area contributed by atoms with Gasteiger partial charge in [-0.15, -0.1) is 24.8 Å². The second-order valence-electron chi connectivity index (χ2n) is 1.58. The van der Waals surface area contributed by atoms with E-state index >= 15 is 0 Å². The minimum Gasteiger partial charge on any atom is -0.457 e. The van der Waals surface area contributed by atoms with E-state index in [4.69, 9.17) is 4.74 Å². The molecule has 2 aliphatic heterocycles. The van der Waals surface area contributed by atoms with E-state index in [0.29, 0.717) is 0 Å². The van der Waals surface area contributed by atoms with Crippen LogP contribution in [0.5, 0.6) is 11.5 Å². The van der Waals surface area contributed by atoms with Gasteiger partial charge in [0.15, 0.2) is 0 Å². The first-order valence-electron chi connectivity index (χ1n) is 3.64. The number of ether oxygens (including phenoxy) is 1. The van der Waals surface area contributed by atoms with Crippen molar-refractivity contribution in [3.63, 3.8) is 0 Å². The third-order valence-electron chi connectivity index (χ3n) is 1.04. The van der Waals surface area contributed by atoms with Crippen molar-refractivity contribution in [2.24, 2.45) is 0 Å². The maximum Gasteiger partial charge on any atom is 2.00 e. The van der Waals surface area contributed by atoms with Crippen LogP contribution in [0.2, 0.25) is 0 Å². The van der Waals surface area contributed by atoms with Crippen LogP contribution in [0.15, 0.2) is 24.3 Å². The summed E-state index contributed by atoms with van der Waals surface area (Å²) in [4.78, 5) is 0. The van der Waals surface area contributed by atoms with E-state index in [1.165, 1.54) is 0 Å². The van der Waals surface area contributed by atoms with Gasteiger partial charge in [0.2, 0.25) is 0 Å². The molecule has 2 bridgehead atoms. The van der Waals surface area contributed by atoms with E-state index in [2.05, 4.69) is 13.8 Å². The molecule has 3 rings (SSSR count).